The van der Waals surface area contributed by atoms with E-state index in [1.54, 1.807) is 10.9 Å². The molecule has 142 valence electrons. The normalized spacial score (nSPS) is 11.1. The molecule has 4 aromatic rings. The maximum absolute atomic E-state index is 13.0. The molecule has 0 atom stereocenters. The van der Waals surface area contributed by atoms with Crippen LogP contribution in [0.2, 0.25) is 5.02 Å². The summed E-state index contributed by atoms with van der Waals surface area (Å²) in [4.78, 5) is 18.2. The van der Waals surface area contributed by atoms with E-state index in [2.05, 4.69) is 11.1 Å². The van der Waals surface area contributed by atoms with Crippen molar-refractivity contribution in [2.24, 2.45) is 0 Å². The minimum absolute atomic E-state index is 0.0553. The van der Waals surface area contributed by atoms with Crippen LogP contribution < -0.4 is 10.3 Å². The Balaban J connectivity index is 1.60. The Morgan fingerprint density at radius 1 is 1.11 bits per heavy atom. The van der Waals surface area contributed by atoms with E-state index in [9.17, 15) is 4.79 Å². The summed E-state index contributed by atoms with van der Waals surface area (Å²) in [6.45, 7) is 4.91. The third-order valence-electron chi connectivity index (χ3n) is 4.51. The van der Waals surface area contributed by atoms with Crippen molar-refractivity contribution in [3.05, 3.63) is 80.7 Å². The van der Waals surface area contributed by atoms with Crippen molar-refractivity contribution in [1.82, 2.24) is 9.55 Å². The van der Waals surface area contributed by atoms with Crippen LogP contribution in [0, 0.1) is 13.8 Å². The van der Waals surface area contributed by atoms with Crippen LogP contribution >= 0.6 is 22.9 Å². The molecule has 0 aliphatic rings. The number of halogens is 1. The Morgan fingerprint density at radius 3 is 2.54 bits per heavy atom. The van der Waals surface area contributed by atoms with E-state index < -0.39 is 0 Å². The van der Waals surface area contributed by atoms with E-state index in [0.717, 1.165) is 32.8 Å². The number of benzene rings is 2. The van der Waals surface area contributed by atoms with Crippen molar-refractivity contribution in [2.75, 3.05) is 6.61 Å². The molecule has 0 radical (unpaired) electrons. The largest absolute Gasteiger partial charge is 0.492 e. The number of rotatable bonds is 5. The zero-order chi connectivity index (χ0) is 19.7. The number of hydrogen-bond donors (Lipinski definition) is 0. The van der Waals surface area contributed by atoms with Gasteiger partial charge in [0.25, 0.3) is 5.56 Å². The van der Waals surface area contributed by atoms with Gasteiger partial charge in [0.1, 0.15) is 17.2 Å². The molecule has 6 heteroatoms. The topological polar surface area (TPSA) is 44.1 Å². The molecule has 0 saturated heterocycles. The van der Waals surface area contributed by atoms with Crippen molar-refractivity contribution in [1.29, 1.82) is 0 Å². The lowest BCUT2D eigenvalue weighted by Gasteiger charge is -2.10. The monoisotopic (exact) mass is 410 g/mol. The Morgan fingerprint density at radius 2 is 1.82 bits per heavy atom. The quantitative estimate of drug-likeness (QED) is 0.438. The van der Waals surface area contributed by atoms with Crippen LogP contribution in [0.3, 0.4) is 0 Å². The van der Waals surface area contributed by atoms with Gasteiger partial charge in [-0.3, -0.25) is 9.36 Å². The summed E-state index contributed by atoms with van der Waals surface area (Å²) in [6.07, 6.45) is 1.59. The summed E-state index contributed by atoms with van der Waals surface area (Å²) >= 11 is 7.46. The fourth-order valence-electron chi connectivity index (χ4n) is 3.25. The van der Waals surface area contributed by atoms with Gasteiger partial charge in [0.05, 0.1) is 18.3 Å². The van der Waals surface area contributed by atoms with Crippen LogP contribution in [-0.2, 0) is 6.54 Å². The van der Waals surface area contributed by atoms with Crippen molar-refractivity contribution in [3.63, 3.8) is 0 Å². The summed E-state index contributed by atoms with van der Waals surface area (Å²) in [7, 11) is 0. The second-order valence-electron chi connectivity index (χ2n) is 6.75. The first-order valence-electron chi connectivity index (χ1n) is 8.95. The van der Waals surface area contributed by atoms with Crippen molar-refractivity contribution in [2.45, 2.75) is 20.4 Å². The molecular weight excluding hydrogens is 392 g/mol. The van der Waals surface area contributed by atoms with Crippen molar-refractivity contribution >= 4 is 33.2 Å². The third kappa shape index (κ3) is 3.81. The molecule has 2 aromatic carbocycles. The highest BCUT2D eigenvalue weighted by molar-refractivity contribution is 7.17. The van der Waals surface area contributed by atoms with Crippen LogP contribution in [-0.4, -0.2) is 16.2 Å². The standard InChI is InChI=1S/C22H19ClN2O2S/c1-14-9-15(2)11-18(10-14)27-8-7-25-13-24-21-20(22(25)26)19(12-28-21)16-3-5-17(23)6-4-16/h3-6,9-13H,7-8H2,1-2H3. The summed E-state index contributed by atoms with van der Waals surface area (Å²) < 4.78 is 7.46. The number of aryl methyl sites for hydroxylation is 2. The van der Waals surface area contributed by atoms with Crippen LogP contribution in [0.1, 0.15) is 11.1 Å². The highest BCUT2D eigenvalue weighted by atomic mass is 35.5. The fraction of sp³-hybridized carbons (Fsp3) is 0.182. The first-order valence-corrected chi connectivity index (χ1v) is 10.2. The second kappa shape index (κ2) is 7.78. The molecular formula is C22H19ClN2O2S. The minimum atomic E-state index is -0.0553. The number of nitrogens with zero attached hydrogens (tertiary/aromatic N) is 2. The maximum atomic E-state index is 13.0. The average molecular weight is 411 g/mol. The Bertz CT molecular complexity index is 1180. The van der Waals surface area contributed by atoms with Crippen LogP contribution in [0.25, 0.3) is 21.3 Å². The van der Waals surface area contributed by atoms with E-state index in [0.29, 0.717) is 23.6 Å². The summed E-state index contributed by atoms with van der Waals surface area (Å²) in [5.74, 6) is 0.817. The second-order valence-corrected chi connectivity index (χ2v) is 8.05. The van der Waals surface area contributed by atoms with Crippen LogP contribution in [0.5, 0.6) is 5.75 Å². The third-order valence-corrected chi connectivity index (χ3v) is 5.65. The Kier molecular flexibility index (Phi) is 5.20. The lowest BCUT2D eigenvalue weighted by atomic mass is 10.1. The number of aromatic nitrogens is 2. The zero-order valence-electron chi connectivity index (χ0n) is 15.6. The summed E-state index contributed by atoms with van der Waals surface area (Å²) in [6, 6.07) is 13.6. The van der Waals surface area contributed by atoms with Gasteiger partial charge < -0.3 is 4.74 Å². The van der Waals surface area contributed by atoms with Gasteiger partial charge in [-0.15, -0.1) is 11.3 Å². The molecule has 0 aliphatic heterocycles. The first-order chi connectivity index (χ1) is 13.5. The number of hydrogen-bond acceptors (Lipinski definition) is 4. The van der Waals surface area contributed by atoms with E-state index in [-0.39, 0.29) is 5.56 Å². The molecule has 0 amide bonds. The van der Waals surface area contributed by atoms with Gasteiger partial charge in [-0.05, 0) is 54.8 Å². The van der Waals surface area contributed by atoms with Gasteiger partial charge in [0, 0.05) is 16.0 Å². The highest BCUT2D eigenvalue weighted by Gasteiger charge is 2.13. The van der Waals surface area contributed by atoms with Crippen LogP contribution in [0.15, 0.2) is 59.0 Å². The molecule has 2 aromatic heterocycles. The minimum Gasteiger partial charge on any atom is -0.492 e. The molecule has 0 spiro atoms. The number of ether oxygens (including phenoxy) is 1. The van der Waals surface area contributed by atoms with Crippen LogP contribution in [0.4, 0.5) is 0 Å². The van der Waals surface area contributed by atoms with Gasteiger partial charge in [0.15, 0.2) is 0 Å². The average Bonchev–Trinajstić information content (AvgIpc) is 3.08. The summed E-state index contributed by atoms with van der Waals surface area (Å²) in [5.41, 5.74) is 4.10. The molecule has 0 N–H and O–H groups in total. The molecule has 0 aliphatic carbocycles. The SMILES string of the molecule is Cc1cc(C)cc(OCCn2cnc3scc(-c4ccc(Cl)cc4)c3c2=O)c1. The lowest BCUT2D eigenvalue weighted by Crippen LogP contribution is -2.23. The number of fused-ring (bicyclic) bond motifs is 1. The molecule has 4 nitrogen and oxygen atoms in total. The highest BCUT2D eigenvalue weighted by Crippen LogP contribution is 2.31. The van der Waals surface area contributed by atoms with Gasteiger partial charge in [0.2, 0.25) is 0 Å². The Labute approximate surface area is 172 Å². The van der Waals surface area contributed by atoms with E-state index >= 15 is 0 Å². The molecule has 0 unspecified atom stereocenters. The maximum Gasteiger partial charge on any atom is 0.262 e. The van der Waals surface area contributed by atoms with Gasteiger partial charge in [-0.1, -0.05) is 29.8 Å². The lowest BCUT2D eigenvalue weighted by molar-refractivity contribution is 0.295. The zero-order valence-corrected chi connectivity index (χ0v) is 17.2. The van der Waals surface area contributed by atoms with E-state index in [1.165, 1.54) is 11.3 Å². The van der Waals surface area contributed by atoms with Gasteiger partial charge in [-0.2, -0.15) is 0 Å². The molecule has 0 fully saturated rings. The molecule has 0 saturated carbocycles. The predicted octanol–water partition coefficient (Wildman–Crippen LogP) is 5.47. The summed E-state index contributed by atoms with van der Waals surface area (Å²) in [5, 5.41) is 3.28. The van der Waals surface area contributed by atoms with E-state index in [4.69, 9.17) is 16.3 Å². The molecule has 0 bridgehead atoms. The predicted molar refractivity (Wildman–Crippen MR) is 116 cm³/mol. The van der Waals surface area contributed by atoms with E-state index in [1.807, 2.05) is 55.6 Å². The van der Waals surface area contributed by atoms with Crippen molar-refractivity contribution in [3.8, 4) is 16.9 Å². The smallest absolute Gasteiger partial charge is 0.262 e. The van der Waals surface area contributed by atoms with Gasteiger partial charge in [-0.25, -0.2) is 4.98 Å². The Hall–Kier alpha value is -2.63. The fourth-order valence-corrected chi connectivity index (χ4v) is 4.28. The molecule has 4 rings (SSSR count). The molecule has 2 heterocycles. The van der Waals surface area contributed by atoms with Crippen molar-refractivity contribution < 1.29 is 4.74 Å². The molecule has 28 heavy (non-hydrogen) atoms. The number of thiophene rings is 1. The first kappa shape index (κ1) is 18.7. The van der Waals surface area contributed by atoms with Gasteiger partial charge >= 0.3 is 0 Å².